The second-order valence-electron chi connectivity index (χ2n) is 5.38. The van der Waals surface area contributed by atoms with Crippen molar-refractivity contribution in [1.82, 2.24) is 19.8 Å². The lowest BCUT2D eigenvalue weighted by atomic mass is 10.3. The number of aromatic nitrogens is 2. The van der Waals surface area contributed by atoms with Crippen molar-refractivity contribution < 1.29 is 13.5 Å². The van der Waals surface area contributed by atoms with Crippen LogP contribution in [0, 0.1) is 6.92 Å². The third-order valence-electron chi connectivity index (χ3n) is 3.77. The molecule has 20 heavy (non-hydrogen) atoms. The van der Waals surface area contributed by atoms with Crippen LogP contribution in [0.2, 0.25) is 0 Å². The van der Waals surface area contributed by atoms with Crippen LogP contribution in [0.3, 0.4) is 0 Å². The normalized spacial score (nSPS) is 17.6. The minimum atomic E-state index is -3.65. The van der Waals surface area contributed by atoms with E-state index in [1.54, 1.807) is 6.92 Å². The zero-order valence-corrected chi connectivity index (χ0v) is 12.9. The van der Waals surface area contributed by atoms with Crippen LogP contribution >= 0.6 is 0 Å². The Balaban J connectivity index is 2.05. The van der Waals surface area contributed by atoms with Gasteiger partial charge in [-0.15, -0.1) is 0 Å². The Morgan fingerprint density at radius 3 is 2.75 bits per heavy atom. The molecule has 114 valence electrons. The highest BCUT2D eigenvalue weighted by atomic mass is 32.2. The van der Waals surface area contributed by atoms with Gasteiger partial charge in [0.05, 0.1) is 12.3 Å². The lowest BCUT2D eigenvalue weighted by molar-refractivity contribution is 0.248. The summed E-state index contributed by atoms with van der Waals surface area (Å²) in [4.78, 5) is 2.25. The largest absolute Gasteiger partial charge is 0.390 e. The number of nitrogens with zero attached hydrogens (tertiary/aromatic N) is 2. The predicted octanol–water partition coefficient (Wildman–Crippen LogP) is -0.0286. The average Bonchev–Trinajstić information content (AvgIpc) is 3.17. The van der Waals surface area contributed by atoms with Crippen LogP contribution < -0.4 is 4.72 Å². The Hall–Kier alpha value is -0.960. The van der Waals surface area contributed by atoms with E-state index in [1.807, 2.05) is 14.0 Å². The molecular weight excluding hydrogens is 280 g/mol. The maximum Gasteiger partial charge on any atom is 0.244 e. The van der Waals surface area contributed by atoms with Crippen molar-refractivity contribution in [2.45, 2.75) is 50.3 Å². The molecule has 1 fully saturated rings. The molecule has 1 saturated carbocycles. The standard InChI is InChI=1S/C12H22N4O3S/c1-8(16(3)10-4-5-10)6-13-20(18,19)12-9(2)14-15-11(12)7-17/h8,10,13,17H,4-7H2,1-3H3,(H,14,15). The molecule has 0 radical (unpaired) electrons. The van der Waals surface area contributed by atoms with Crippen LogP contribution in [0.4, 0.5) is 0 Å². The molecule has 1 heterocycles. The van der Waals surface area contributed by atoms with Crippen LogP contribution in [0.15, 0.2) is 4.90 Å². The maximum absolute atomic E-state index is 12.3. The molecule has 1 unspecified atom stereocenters. The van der Waals surface area contributed by atoms with Crippen LogP contribution in [0.5, 0.6) is 0 Å². The Morgan fingerprint density at radius 1 is 1.55 bits per heavy atom. The number of H-pyrrole nitrogens is 1. The van der Waals surface area contributed by atoms with Gasteiger partial charge in [-0.05, 0) is 33.7 Å². The first kappa shape index (κ1) is 15.4. The maximum atomic E-state index is 12.3. The van der Waals surface area contributed by atoms with Gasteiger partial charge in [0.2, 0.25) is 10.0 Å². The van der Waals surface area contributed by atoms with E-state index in [1.165, 1.54) is 12.8 Å². The zero-order valence-electron chi connectivity index (χ0n) is 12.0. The van der Waals surface area contributed by atoms with E-state index in [4.69, 9.17) is 5.11 Å². The van der Waals surface area contributed by atoms with Crippen molar-refractivity contribution in [3.63, 3.8) is 0 Å². The smallest absolute Gasteiger partial charge is 0.244 e. The molecule has 1 aromatic heterocycles. The summed E-state index contributed by atoms with van der Waals surface area (Å²) >= 11 is 0. The fourth-order valence-electron chi connectivity index (χ4n) is 2.22. The molecule has 7 nitrogen and oxygen atoms in total. The molecule has 0 aliphatic heterocycles. The van der Waals surface area contributed by atoms with Crippen molar-refractivity contribution >= 4 is 10.0 Å². The minimum Gasteiger partial charge on any atom is -0.390 e. The van der Waals surface area contributed by atoms with Gasteiger partial charge >= 0.3 is 0 Å². The van der Waals surface area contributed by atoms with Gasteiger partial charge in [-0.25, -0.2) is 13.1 Å². The van der Waals surface area contributed by atoms with Crippen molar-refractivity contribution in [3.05, 3.63) is 11.4 Å². The molecule has 0 saturated heterocycles. The lowest BCUT2D eigenvalue weighted by Crippen LogP contribution is -2.41. The number of aliphatic hydroxyl groups is 1. The Labute approximate surface area is 119 Å². The molecular formula is C12H22N4O3S. The van der Waals surface area contributed by atoms with Crippen LogP contribution in [-0.4, -0.2) is 54.3 Å². The van der Waals surface area contributed by atoms with Gasteiger partial charge in [0.25, 0.3) is 0 Å². The number of hydrogen-bond acceptors (Lipinski definition) is 5. The van der Waals surface area contributed by atoms with E-state index in [-0.39, 0.29) is 16.6 Å². The zero-order chi connectivity index (χ0) is 14.9. The van der Waals surface area contributed by atoms with Gasteiger partial charge in [0, 0.05) is 18.6 Å². The number of sulfonamides is 1. The van der Waals surface area contributed by atoms with Gasteiger partial charge in [0.1, 0.15) is 10.6 Å². The number of likely N-dealkylation sites (N-methyl/N-ethyl adjacent to an activating group) is 1. The highest BCUT2D eigenvalue weighted by molar-refractivity contribution is 7.89. The monoisotopic (exact) mass is 302 g/mol. The summed E-state index contributed by atoms with van der Waals surface area (Å²) < 4.78 is 27.2. The Morgan fingerprint density at radius 2 is 2.20 bits per heavy atom. The molecule has 8 heteroatoms. The van der Waals surface area contributed by atoms with E-state index in [0.29, 0.717) is 18.3 Å². The quantitative estimate of drug-likeness (QED) is 0.657. The molecule has 1 atom stereocenters. The summed E-state index contributed by atoms with van der Waals surface area (Å²) in [6.45, 7) is 3.55. The first-order valence-electron chi connectivity index (χ1n) is 6.73. The summed E-state index contributed by atoms with van der Waals surface area (Å²) in [7, 11) is -1.64. The predicted molar refractivity (Wildman–Crippen MR) is 74.7 cm³/mol. The van der Waals surface area contributed by atoms with E-state index in [0.717, 1.165) is 0 Å². The summed E-state index contributed by atoms with van der Waals surface area (Å²) in [5, 5.41) is 15.5. The Bertz CT molecular complexity index is 565. The number of hydrogen-bond donors (Lipinski definition) is 3. The average molecular weight is 302 g/mol. The topological polar surface area (TPSA) is 98.3 Å². The number of aromatic amines is 1. The molecule has 0 aromatic carbocycles. The molecule has 0 amide bonds. The first-order chi connectivity index (χ1) is 9.36. The molecule has 0 bridgehead atoms. The third kappa shape index (κ3) is 3.20. The molecule has 2 rings (SSSR count). The molecule has 1 aliphatic rings. The molecule has 1 aliphatic carbocycles. The molecule has 0 spiro atoms. The van der Waals surface area contributed by atoms with E-state index in [9.17, 15) is 8.42 Å². The number of nitrogens with one attached hydrogen (secondary N) is 2. The van der Waals surface area contributed by atoms with E-state index in [2.05, 4.69) is 19.8 Å². The highest BCUT2D eigenvalue weighted by Gasteiger charge is 2.30. The van der Waals surface area contributed by atoms with Crippen LogP contribution in [-0.2, 0) is 16.6 Å². The molecule has 3 N–H and O–H groups in total. The number of rotatable bonds is 7. The number of aliphatic hydroxyl groups excluding tert-OH is 1. The second-order valence-corrected chi connectivity index (χ2v) is 7.08. The van der Waals surface area contributed by atoms with Crippen molar-refractivity contribution in [2.24, 2.45) is 0 Å². The van der Waals surface area contributed by atoms with E-state index < -0.39 is 16.6 Å². The van der Waals surface area contributed by atoms with Gasteiger partial charge in [0.15, 0.2) is 0 Å². The first-order valence-corrected chi connectivity index (χ1v) is 8.21. The lowest BCUT2D eigenvalue weighted by Gasteiger charge is -2.24. The second kappa shape index (κ2) is 5.80. The van der Waals surface area contributed by atoms with Crippen molar-refractivity contribution in [3.8, 4) is 0 Å². The summed E-state index contributed by atoms with van der Waals surface area (Å²) in [6, 6.07) is 0.709. The minimum absolute atomic E-state index is 0.0567. The van der Waals surface area contributed by atoms with Crippen LogP contribution in [0.25, 0.3) is 0 Å². The van der Waals surface area contributed by atoms with Crippen molar-refractivity contribution in [2.75, 3.05) is 13.6 Å². The van der Waals surface area contributed by atoms with Crippen LogP contribution in [0.1, 0.15) is 31.2 Å². The van der Waals surface area contributed by atoms with Gasteiger partial charge in [-0.3, -0.25) is 10.00 Å². The molecule has 1 aromatic rings. The fraction of sp³-hybridized carbons (Fsp3) is 0.750. The summed E-state index contributed by atoms with van der Waals surface area (Å²) in [5.41, 5.74) is 0.586. The number of aryl methyl sites for hydroxylation is 1. The Kier molecular flexibility index (Phi) is 4.48. The van der Waals surface area contributed by atoms with Gasteiger partial charge < -0.3 is 5.11 Å². The summed E-state index contributed by atoms with van der Waals surface area (Å²) in [6.07, 6.45) is 2.37. The fourth-order valence-corrected chi connectivity index (χ4v) is 3.70. The third-order valence-corrected chi connectivity index (χ3v) is 5.39. The van der Waals surface area contributed by atoms with Gasteiger partial charge in [-0.1, -0.05) is 0 Å². The highest BCUT2D eigenvalue weighted by Crippen LogP contribution is 2.27. The SMILES string of the molecule is Cc1[nH]nc(CO)c1S(=O)(=O)NCC(C)N(C)C1CC1. The van der Waals surface area contributed by atoms with E-state index >= 15 is 0 Å². The summed E-state index contributed by atoms with van der Waals surface area (Å²) in [5.74, 6) is 0. The van der Waals surface area contributed by atoms with Crippen molar-refractivity contribution in [1.29, 1.82) is 0 Å². The van der Waals surface area contributed by atoms with Gasteiger partial charge in [-0.2, -0.15) is 5.10 Å².